The quantitative estimate of drug-likeness (QED) is 0.441. The first kappa shape index (κ1) is 27.2. The van der Waals surface area contributed by atoms with E-state index in [-0.39, 0.29) is 43.8 Å². The van der Waals surface area contributed by atoms with Crippen LogP contribution in [0.25, 0.3) is 0 Å². The average Bonchev–Trinajstić information content (AvgIpc) is 2.84. The summed E-state index contributed by atoms with van der Waals surface area (Å²) >= 11 is 0. The summed E-state index contributed by atoms with van der Waals surface area (Å²) in [5.74, 6) is -0.623. The van der Waals surface area contributed by atoms with Crippen LogP contribution in [0.3, 0.4) is 0 Å². The molecule has 0 aromatic heterocycles. The summed E-state index contributed by atoms with van der Waals surface area (Å²) in [6.45, 7) is 11.8. The molecule has 8 heteroatoms. The van der Waals surface area contributed by atoms with Crippen LogP contribution < -0.4 is 0 Å². The number of amides is 1. The van der Waals surface area contributed by atoms with E-state index < -0.39 is 16.9 Å². The Morgan fingerprint density at radius 1 is 0.806 bits per heavy atom. The Morgan fingerprint density at radius 2 is 1.23 bits per heavy atom. The first-order chi connectivity index (χ1) is 14.2. The summed E-state index contributed by atoms with van der Waals surface area (Å²) in [4.78, 5) is 41.2. The molecule has 0 aromatic rings. The monoisotopic (exact) mass is 442 g/mol. The molecule has 1 heterocycles. The molecular weight excluding hydrogens is 400 g/mol. The van der Waals surface area contributed by atoms with Gasteiger partial charge in [-0.2, -0.15) is 0 Å². The van der Waals surface area contributed by atoms with E-state index in [0.717, 1.165) is 12.8 Å². The fourth-order valence-electron chi connectivity index (χ4n) is 3.13. The summed E-state index contributed by atoms with van der Waals surface area (Å²) in [7, 11) is 3.81. The van der Waals surface area contributed by atoms with E-state index in [0.29, 0.717) is 19.4 Å². The molecule has 8 nitrogen and oxygen atoms in total. The minimum absolute atomic E-state index is 0.0998. The predicted molar refractivity (Wildman–Crippen MR) is 119 cm³/mol. The third-order valence-corrected chi connectivity index (χ3v) is 5.12. The molecule has 31 heavy (non-hydrogen) atoms. The lowest BCUT2D eigenvalue weighted by atomic mass is 9.97. The Hall–Kier alpha value is -1.83. The van der Waals surface area contributed by atoms with Crippen molar-refractivity contribution in [1.29, 1.82) is 0 Å². The Morgan fingerprint density at radius 3 is 1.58 bits per heavy atom. The number of likely N-dealkylation sites (tertiary alicyclic amines) is 1. The summed E-state index contributed by atoms with van der Waals surface area (Å²) in [5, 5.41) is 0. The molecule has 0 saturated carbocycles. The van der Waals surface area contributed by atoms with Crippen molar-refractivity contribution in [3.8, 4) is 0 Å². The second kappa shape index (κ2) is 11.7. The zero-order valence-corrected chi connectivity index (χ0v) is 20.7. The van der Waals surface area contributed by atoms with Crippen LogP contribution in [0.2, 0.25) is 0 Å². The normalized spacial score (nSPS) is 20.2. The number of ether oxygens (including phenoxy) is 3. The van der Waals surface area contributed by atoms with Crippen LogP contribution in [-0.2, 0) is 23.8 Å². The fraction of sp³-hybridized carbons (Fsp3) is 0.870. The molecule has 0 N–H and O–H groups in total. The van der Waals surface area contributed by atoms with Gasteiger partial charge in [-0.1, -0.05) is 12.8 Å². The van der Waals surface area contributed by atoms with Gasteiger partial charge in [0.1, 0.15) is 19.8 Å². The molecule has 0 unspecified atom stereocenters. The maximum Gasteiger partial charge on any atom is 0.410 e. The lowest BCUT2D eigenvalue weighted by Gasteiger charge is -2.35. The van der Waals surface area contributed by atoms with E-state index in [9.17, 15) is 14.4 Å². The number of likely N-dealkylation sites (N-methyl/N-ethyl adjacent to an activating group) is 1. The van der Waals surface area contributed by atoms with Crippen molar-refractivity contribution in [3.05, 3.63) is 0 Å². The average molecular weight is 443 g/mol. The van der Waals surface area contributed by atoms with Gasteiger partial charge in [0, 0.05) is 6.54 Å². The van der Waals surface area contributed by atoms with Crippen molar-refractivity contribution in [2.45, 2.75) is 79.3 Å². The van der Waals surface area contributed by atoms with Crippen molar-refractivity contribution in [3.63, 3.8) is 0 Å². The number of esters is 2. The maximum absolute atomic E-state index is 13.0. The lowest BCUT2D eigenvalue weighted by molar-refractivity contribution is -0.156. The largest absolute Gasteiger partial charge is 0.463 e. The second-order valence-electron chi connectivity index (χ2n) is 10.6. The van der Waals surface area contributed by atoms with Gasteiger partial charge in [0.15, 0.2) is 0 Å². The van der Waals surface area contributed by atoms with Crippen LogP contribution >= 0.6 is 0 Å². The molecule has 1 rings (SSSR count). The number of hydrogen-bond donors (Lipinski definition) is 0. The fourth-order valence-corrected chi connectivity index (χ4v) is 3.13. The van der Waals surface area contributed by atoms with Crippen molar-refractivity contribution in [2.75, 3.05) is 40.5 Å². The molecule has 2 atom stereocenters. The van der Waals surface area contributed by atoms with E-state index in [1.54, 1.807) is 46.4 Å². The summed E-state index contributed by atoms with van der Waals surface area (Å²) in [5.41, 5.74) is -1.24. The summed E-state index contributed by atoms with van der Waals surface area (Å²) in [6.07, 6.45) is 2.72. The molecule has 0 bridgehead atoms. The van der Waals surface area contributed by atoms with Crippen LogP contribution in [0.5, 0.6) is 0 Å². The number of carbonyl (C=O) groups excluding carboxylic acids is 3. The number of hydrogen-bond acceptors (Lipinski definition) is 7. The van der Waals surface area contributed by atoms with Gasteiger partial charge < -0.3 is 19.1 Å². The molecule has 1 fully saturated rings. The minimum atomic E-state index is -0.622. The third-order valence-electron chi connectivity index (χ3n) is 5.12. The van der Waals surface area contributed by atoms with Crippen molar-refractivity contribution in [1.82, 2.24) is 9.80 Å². The van der Waals surface area contributed by atoms with Crippen LogP contribution in [-0.4, -0.2) is 80.4 Å². The van der Waals surface area contributed by atoms with E-state index in [2.05, 4.69) is 0 Å². The Balaban J connectivity index is 2.98. The summed E-state index contributed by atoms with van der Waals surface area (Å²) in [6, 6.07) is -0.641. The number of rotatable bonds is 7. The first-order valence-electron chi connectivity index (χ1n) is 11.2. The van der Waals surface area contributed by atoms with Gasteiger partial charge >= 0.3 is 18.0 Å². The van der Waals surface area contributed by atoms with E-state index in [1.165, 1.54) is 0 Å². The third kappa shape index (κ3) is 9.46. The van der Waals surface area contributed by atoms with Crippen molar-refractivity contribution >= 4 is 18.0 Å². The van der Waals surface area contributed by atoms with Crippen LogP contribution in [0.4, 0.5) is 4.79 Å². The Bertz CT molecular complexity index is 566. The maximum atomic E-state index is 13.0. The smallest absolute Gasteiger partial charge is 0.410 e. The number of carbonyl (C=O) groups is 3. The molecule has 1 saturated heterocycles. The molecular formula is C23H42N2O6. The molecule has 1 aliphatic rings. The van der Waals surface area contributed by atoms with Crippen molar-refractivity contribution in [2.24, 2.45) is 10.8 Å². The van der Waals surface area contributed by atoms with Gasteiger partial charge in [-0.05, 0) is 68.5 Å². The highest BCUT2D eigenvalue weighted by Crippen LogP contribution is 2.26. The second-order valence-corrected chi connectivity index (χ2v) is 10.6. The van der Waals surface area contributed by atoms with Gasteiger partial charge in [-0.15, -0.1) is 0 Å². The standard InChI is InChI=1S/C23H42N2O6/c1-22(2,3)19(26)30-15-17-11-9-10-12-18(16-31-20(27)23(4,5)6)25(17)21(28)29-14-13-24(7)8/h17-18H,9-16H2,1-8H3/t17-,18+. The molecule has 0 radical (unpaired) electrons. The van der Waals surface area contributed by atoms with Gasteiger partial charge in [0.2, 0.25) is 0 Å². The minimum Gasteiger partial charge on any atom is -0.463 e. The van der Waals surface area contributed by atoms with Gasteiger partial charge in [0.25, 0.3) is 0 Å². The molecule has 0 aromatic carbocycles. The highest BCUT2D eigenvalue weighted by Gasteiger charge is 2.37. The predicted octanol–water partition coefficient (Wildman–Crippen LogP) is 3.48. The van der Waals surface area contributed by atoms with E-state index in [1.807, 2.05) is 19.0 Å². The Kier molecular flexibility index (Phi) is 10.3. The first-order valence-corrected chi connectivity index (χ1v) is 11.2. The zero-order valence-electron chi connectivity index (χ0n) is 20.7. The van der Waals surface area contributed by atoms with Crippen LogP contribution in [0.15, 0.2) is 0 Å². The molecule has 0 spiro atoms. The topological polar surface area (TPSA) is 85.4 Å². The lowest BCUT2D eigenvalue weighted by Crippen LogP contribution is -2.51. The van der Waals surface area contributed by atoms with Crippen LogP contribution in [0, 0.1) is 10.8 Å². The molecule has 0 aliphatic carbocycles. The van der Waals surface area contributed by atoms with Crippen LogP contribution in [0.1, 0.15) is 67.2 Å². The van der Waals surface area contributed by atoms with Crippen molar-refractivity contribution < 1.29 is 28.6 Å². The summed E-state index contributed by atoms with van der Waals surface area (Å²) < 4.78 is 16.6. The van der Waals surface area contributed by atoms with Gasteiger partial charge in [-0.3, -0.25) is 14.5 Å². The SMILES string of the molecule is CN(C)CCOC(=O)N1[C@@H](COC(=O)C(C)(C)C)CCCC[C@H]1COC(=O)C(C)(C)C. The highest BCUT2D eigenvalue weighted by molar-refractivity contribution is 5.76. The number of nitrogens with zero attached hydrogens (tertiary/aromatic N) is 2. The van der Waals surface area contributed by atoms with Gasteiger partial charge in [0.05, 0.1) is 22.9 Å². The van der Waals surface area contributed by atoms with E-state index >= 15 is 0 Å². The molecule has 1 amide bonds. The Labute approximate surface area is 187 Å². The highest BCUT2D eigenvalue weighted by atomic mass is 16.6. The van der Waals surface area contributed by atoms with Gasteiger partial charge in [-0.25, -0.2) is 4.79 Å². The zero-order chi connectivity index (χ0) is 23.8. The molecule has 180 valence electrons. The van der Waals surface area contributed by atoms with E-state index in [4.69, 9.17) is 14.2 Å². The molecule has 1 aliphatic heterocycles.